The van der Waals surface area contributed by atoms with Crippen molar-refractivity contribution in [1.29, 1.82) is 0 Å². The second-order valence-corrected chi connectivity index (χ2v) is 9.91. The zero-order valence-corrected chi connectivity index (χ0v) is 21.6. The van der Waals surface area contributed by atoms with E-state index in [1.807, 2.05) is 60.7 Å². The molecule has 0 aliphatic rings. The van der Waals surface area contributed by atoms with Gasteiger partial charge in [0.15, 0.2) is 0 Å². The van der Waals surface area contributed by atoms with Crippen molar-refractivity contribution in [2.45, 2.75) is 0 Å². The molecule has 4 nitrogen and oxygen atoms in total. The Morgan fingerprint density at radius 3 is 1.68 bits per heavy atom. The lowest BCUT2D eigenvalue weighted by atomic mass is 9.80. The first kappa shape index (κ1) is 24.1. The fraction of sp³-hybridized carbons (Fsp3) is 0. The van der Waals surface area contributed by atoms with Crippen molar-refractivity contribution in [1.82, 2.24) is 9.55 Å². The van der Waals surface area contributed by atoms with Crippen LogP contribution in [0.5, 0.6) is 0 Å². The van der Waals surface area contributed by atoms with E-state index in [0.29, 0.717) is 5.46 Å². The fourth-order valence-electron chi connectivity index (χ4n) is 5.44. The van der Waals surface area contributed by atoms with E-state index in [9.17, 15) is 10.0 Å². The van der Waals surface area contributed by atoms with E-state index in [0.717, 1.165) is 61.1 Å². The summed E-state index contributed by atoms with van der Waals surface area (Å²) in [7, 11) is -1.51. The Morgan fingerprint density at radius 1 is 0.475 bits per heavy atom. The Bertz CT molecular complexity index is 1910. The zero-order chi connectivity index (χ0) is 27.1. The Kier molecular flexibility index (Phi) is 6.01. The molecular weight excluding hydrogens is 491 g/mol. The third kappa shape index (κ3) is 4.28. The molecule has 0 saturated carbocycles. The smallest absolute Gasteiger partial charge is 0.423 e. The number of nitrogens with zero attached hydrogens (tertiary/aromatic N) is 2. The summed E-state index contributed by atoms with van der Waals surface area (Å²) in [5.41, 5.74) is 9.83. The highest BCUT2D eigenvalue weighted by molar-refractivity contribution is 6.59. The maximum Gasteiger partial charge on any atom is 0.488 e. The predicted molar refractivity (Wildman–Crippen MR) is 165 cm³/mol. The van der Waals surface area contributed by atoms with Crippen LogP contribution in [-0.2, 0) is 0 Å². The second kappa shape index (κ2) is 9.97. The van der Waals surface area contributed by atoms with Crippen molar-refractivity contribution in [2.75, 3.05) is 0 Å². The summed E-state index contributed by atoms with van der Waals surface area (Å²) in [4.78, 5) is 5.01. The number of hydrogen-bond acceptors (Lipinski definition) is 3. The van der Waals surface area contributed by atoms with Crippen LogP contribution in [0.25, 0.3) is 61.1 Å². The first-order valence-electron chi connectivity index (χ1n) is 13.3. The van der Waals surface area contributed by atoms with Gasteiger partial charge in [-0.3, -0.25) is 0 Å². The molecule has 0 aliphatic carbocycles. The highest BCUT2D eigenvalue weighted by Crippen LogP contribution is 2.34. The van der Waals surface area contributed by atoms with Crippen LogP contribution in [0.1, 0.15) is 0 Å². The molecule has 0 saturated heterocycles. The topological polar surface area (TPSA) is 58.3 Å². The van der Waals surface area contributed by atoms with Gasteiger partial charge in [0.05, 0.1) is 22.4 Å². The molecule has 0 radical (unpaired) electrons. The zero-order valence-electron chi connectivity index (χ0n) is 21.6. The van der Waals surface area contributed by atoms with E-state index in [2.05, 4.69) is 77.4 Å². The molecule has 0 atom stereocenters. The van der Waals surface area contributed by atoms with Gasteiger partial charge in [0.25, 0.3) is 0 Å². The summed E-state index contributed by atoms with van der Waals surface area (Å²) in [5, 5.41) is 21.5. The fourth-order valence-corrected chi connectivity index (χ4v) is 5.44. The van der Waals surface area contributed by atoms with Gasteiger partial charge in [0.2, 0.25) is 0 Å². The van der Waals surface area contributed by atoms with Crippen LogP contribution in [0.3, 0.4) is 0 Å². The monoisotopic (exact) mass is 516 g/mol. The molecule has 5 aromatic carbocycles. The average molecular weight is 516 g/mol. The van der Waals surface area contributed by atoms with Gasteiger partial charge in [-0.05, 0) is 53.0 Å². The number of aromatic nitrogens is 2. The lowest BCUT2D eigenvalue weighted by molar-refractivity contribution is 0.426. The normalized spacial score (nSPS) is 11.2. The largest absolute Gasteiger partial charge is 0.488 e. The summed E-state index contributed by atoms with van der Waals surface area (Å²) >= 11 is 0. The van der Waals surface area contributed by atoms with Crippen molar-refractivity contribution >= 4 is 34.4 Å². The molecule has 5 heteroatoms. The molecular formula is C35H25BN2O2. The third-order valence-electron chi connectivity index (χ3n) is 7.42. The van der Waals surface area contributed by atoms with Gasteiger partial charge < -0.3 is 14.6 Å². The van der Waals surface area contributed by atoms with Crippen LogP contribution in [-0.4, -0.2) is 26.7 Å². The van der Waals surface area contributed by atoms with E-state index in [1.165, 1.54) is 0 Å². The first-order valence-corrected chi connectivity index (χ1v) is 13.3. The summed E-state index contributed by atoms with van der Waals surface area (Å²) < 4.78 is 2.22. The number of pyridine rings is 1. The van der Waals surface area contributed by atoms with Crippen LogP contribution in [0.2, 0.25) is 0 Å². The second-order valence-electron chi connectivity index (χ2n) is 9.91. The molecule has 7 rings (SSSR count). The van der Waals surface area contributed by atoms with E-state index in [1.54, 1.807) is 6.07 Å². The molecule has 2 heterocycles. The maximum atomic E-state index is 9.75. The van der Waals surface area contributed by atoms with Crippen molar-refractivity contribution in [3.05, 3.63) is 140 Å². The summed E-state index contributed by atoms with van der Waals surface area (Å²) in [6, 6.07) is 47.2. The van der Waals surface area contributed by atoms with E-state index in [4.69, 9.17) is 4.98 Å². The Hall–Kier alpha value is -4.97. The molecule has 0 aliphatic heterocycles. The molecule has 2 N–H and O–H groups in total. The highest BCUT2D eigenvalue weighted by Gasteiger charge is 2.17. The van der Waals surface area contributed by atoms with Crippen LogP contribution >= 0.6 is 0 Å². The quantitative estimate of drug-likeness (QED) is 0.246. The molecule has 7 aromatic rings. The van der Waals surface area contributed by atoms with Crippen molar-refractivity contribution in [2.24, 2.45) is 0 Å². The van der Waals surface area contributed by atoms with Gasteiger partial charge in [0.1, 0.15) is 0 Å². The van der Waals surface area contributed by atoms with Gasteiger partial charge in [0, 0.05) is 27.6 Å². The van der Waals surface area contributed by atoms with Crippen LogP contribution in [0.15, 0.2) is 140 Å². The number of rotatable bonds is 5. The Labute approximate surface area is 232 Å². The summed E-state index contributed by atoms with van der Waals surface area (Å²) in [6.07, 6.45) is 0. The van der Waals surface area contributed by atoms with E-state index >= 15 is 0 Å². The highest BCUT2D eigenvalue weighted by atomic mass is 16.4. The average Bonchev–Trinajstić information content (AvgIpc) is 3.35. The molecule has 0 fully saturated rings. The minimum atomic E-state index is -1.51. The lowest BCUT2D eigenvalue weighted by Gasteiger charge is -2.12. The van der Waals surface area contributed by atoms with Gasteiger partial charge >= 0.3 is 7.12 Å². The van der Waals surface area contributed by atoms with Crippen LogP contribution in [0, 0.1) is 0 Å². The van der Waals surface area contributed by atoms with Gasteiger partial charge in [-0.1, -0.05) is 103 Å². The summed E-state index contributed by atoms with van der Waals surface area (Å²) in [5.74, 6) is 0. The molecule has 40 heavy (non-hydrogen) atoms. The predicted octanol–water partition coefficient (Wildman–Crippen LogP) is 6.86. The van der Waals surface area contributed by atoms with Crippen LogP contribution < -0.4 is 5.46 Å². The van der Waals surface area contributed by atoms with Crippen molar-refractivity contribution < 1.29 is 10.0 Å². The third-order valence-corrected chi connectivity index (χ3v) is 7.42. The minimum Gasteiger partial charge on any atom is -0.423 e. The number of hydrogen-bond donors (Lipinski definition) is 2. The van der Waals surface area contributed by atoms with Crippen LogP contribution in [0.4, 0.5) is 0 Å². The van der Waals surface area contributed by atoms with Gasteiger partial charge in [-0.15, -0.1) is 0 Å². The molecule has 2 aromatic heterocycles. The molecule has 0 bridgehead atoms. The lowest BCUT2D eigenvalue weighted by Crippen LogP contribution is -2.29. The summed E-state index contributed by atoms with van der Waals surface area (Å²) in [6.45, 7) is 0. The Balaban J connectivity index is 1.36. The Morgan fingerprint density at radius 2 is 1.05 bits per heavy atom. The van der Waals surface area contributed by atoms with E-state index in [-0.39, 0.29) is 0 Å². The molecule has 0 spiro atoms. The van der Waals surface area contributed by atoms with Gasteiger partial charge in [-0.25, -0.2) is 4.98 Å². The molecule has 190 valence electrons. The number of fused-ring (bicyclic) bond motifs is 3. The van der Waals surface area contributed by atoms with E-state index < -0.39 is 7.12 Å². The van der Waals surface area contributed by atoms with Crippen molar-refractivity contribution in [3.8, 4) is 39.3 Å². The number of para-hydroxylation sites is 1. The standard InChI is InChI=1S/C35H25BN2O2/c39-36(40)28-17-20-35-31(23-28)30-13-7-8-14-34(30)38(35)29-18-15-24(16-19-29)27-21-32(25-9-3-1-4-10-25)37-33(22-27)26-11-5-2-6-12-26/h1-23,39-40H. The number of benzene rings is 5. The van der Waals surface area contributed by atoms with Gasteiger partial charge in [-0.2, -0.15) is 0 Å². The molecule has 0 unspecified atom stereocenters. The minimum absolute atomic E-state index is 0.479. The maximum absolute atomic E-state index is 9.75. The first-order chi connectivity index (χ1) is 19.7. The van der Waals surface area contributed by atoms with Crippen molar-refractivity contribution in [3.63, 3.8) is 0 Å². The SMILES string of the molecule is OB(O)c1ccc2c(c1)c1ccccc1n2-c1ccc(-c2cc(-c3ccccc3)nc(-c3ccccc3)c2)cc1. The molecule has 0 amide bonds.